The Hall–Kier alpha value is -2.14. The number of nitrogens with two attached hydrogens (primary N) is 1. The smallest absolute Gasteiger partial charge is 0.171 e. The standard InChI is InChI=1S/C16H19FN2O2/c1-11(18)8-13-6-7-14(9-19-13)21-10-12-4-3-5-15(20-2)16(12)17/h3-7,9,11H,8,10,18H2,1-2H3. The third-order valence-corrected chi connectivity index (χ3v) is 2.99. The first-order valence-corrected chi connectivity index (χ1v) is 6.75. The summed E-state index contributed by atoms with van der Waals surface area (Å²) in [5.74, 6) is 0.397. The Labute approximate surface area is 123 Å². The lowest BCUT2D eigenvalue weighted by Crippen LogP contribution is -2.18. The molecule has 5 heteroatoms. The molecule has 1 unspecified atom stereocenters. The minimum atomic E-state index is -0.401. The normalized spacial score (nSPS) is 12.0. The second-order valence-electron chi connectivity index (χ2n) is 4.89. The van der Waals surface area contributed by atoms with Gasteiger partial charge in [0.1, 0.15) is 12.4 Å². The van der Waals surface area contributed by atoms with E-state index in [-0.39, 0.29) is 18.4 Å². The monoisotopic (exact) mass is 290 g/mol. The van der Waals surface area contributed by atoms with Gasteiger partial charge in [0, 0.05) is 23.7 Å². The molecule has 0 aliphatic heterocycles. The largest absolute Gasteiger partial charge is 0.494 e. The first-order valence-electron chi connectivity index (χ1n) is 6.75. The third-order valence-electron chi connectivity index (χ3n) is 2.99. The van der Waals surface area contributed by atoms with Crippen LogP contribution in [0.4, 0.5) is 4.39 Å². The predicted octanol–water partition coefficient (Wildman–Crippen LogP) is 2.70. The molecule has 1 aromatic heterocycles. The van der Waals surface area contributed by atoms with E-state index in [1.54, 1.807) is 24.4 Å². The van der Waals surface area contributed by atoms with Gasteiger partial charge in [0.15, 0.2) is 11.6 Å². The van der Waals surface area contributed by atoms with Gasteiger partial charge in [-0.15, -0.1) is 0 Å². The number of methoxy groups -OCH3 is 1. The summed E-state index contributed by atoms with van der Waals surface area (Å²) in [6.45, 7) is 2.05. The Morgan fingerprint density at radius 1 is 1.29 bits per heavy atom. The molecule has 0 aliphatic rings. The molecular weight excluding hydrogens is 271 g/mol. The topological polar surface area (TPSA) is 57.4 Å². The fourth-order valence-corrected chi connectivity index (χ4v) is 1.93. The second-order valence-corrected chi connectivity index (χ2v) is 4.89. The number of ether oxygens (including phenoxy) is 2. The summed E-state index contributed by atoms with van der Waals surface area (Å²) < 4.78 is 24.4. The van der Waals surface area contributed by atoms with E-state index in [1.165, 1.54) is 7.11 Å². The van der Waals surface area contributed by atoms with E-state index in [0.717, 1.165) is 5.69 Å². The van der Waals surface area contributed by atoms with Crippen LogP contribution in [-0.2, 0) is 13.0 Å². The summed E-state index contributed by atoms with van der Waals surface area (Å²) >= 11 is 0. The molecule has 0 fully saturated rings. The quantitative estimate of drug-likeness (QED) is 0.888. The molecule has 0 amide bonds. The van der Waals surface area contributed by atoms with Gasteiger partial charge in [0.25, 0.3) is 0 Å². The van der Waals surface area contributed by atoms with Gasteiger partial charge >= 0.3 is 0 Å². The van der Waals surface area contributed by atoms with Crippen molar-refractivity contribution in [2.24, 2.45) is 5.73 Å². The molecule has 2 N–H and O–H groups in total. The molecule has 1 heterocycles. The number of rotatable bonds is 6. The summed E-state index contributed by atoms with van der Waals surface area (Å²) in [4.78, 5) is 4.26. The fourth-order valence-electron chi connectivity index (χ4n) is 1.93. The highest BCUT2D eigenvalue weighted by Crippen LogP contribution is 2.21. The van der Waals surface area contributed by atoms with Crippen molar-refractivity contribution in [2.45, 2.75) is 26.0 Å². The van der Waals surface area contributed by atoms with Crippen LogP contribution < -0.4 is 15.2 Å². The Bertz CT molecular complexity index is 585. The van der Waals surface area contributed by atoms with Crippen LogP contribution in [0.25, 0.3) is 0 Å². The molecule has 0 radical (unpaired) electrons. The Balaban J connectivity index is 2.00. The van der Waals surface area contributed by atoms with Gasteiger partial charge in [0.2, 0.25) is 0 Å². The van der Waals surface area contributed by atoms with E-state index in [0.29, 0.717) is 17.7 Å². The van der Waals surface area contributed by atoms with Crippen molar-refractivity contribution in [3.05, 3.63) is 53.6 Å². The van der Waals surface area contributed by atoms with Crippen LogP contribution in [0.15, 0.2) is 36.5 Å². The average Bonchev–Trinajstić information content (AvgIpc) is 2.47. The van der Waals surface area contributed by atoms with Crippen molar-refractivity contribution in [1.82, 2.24) is 4.98 Å². The summed E-state index contributed by atoms with van der Waals surface area (Å²) in [7, 11) is 1.43. The molecule has 2 aromatic rings. The molecule has 0 spiro atoms. The fraction of sp³-hybridized carbons (Fsp3) is 0.312. The lowest BCUT2D eigenvalue weighted by Gasteiger charge is -2.10. The van der Waals surface area contributed by atoms with Crippen LogP contribution in [0.3, 0.4) is 0 Å². The lowest BCUT2D eigenvalue weighted by molar-refractivity contribution is 0.294. The predicted molar refractivity (Wildman–Crippen MR) is 78.9 cm³/mol. The number of benzene rings is 1. The summed E-state index contributed by atoms with van der Waals surface area (Å²) in [6.07, 6.45) is 2.33. The van der Waals surface area contributed by atoms with Crippen LogP contribution in [0.5, 0.6) is 11.5 Å². The van der Waals surface area contributed by atoms with Gasteiger partial charge in [-0.05, 0) is 25.1 Å². The number of hydrogen-bond acceptors (Lipinski definition) is 4. The van der Waals surface area contributed by atoms with Gasteiger partial charge in [-0.3, -0.25) is 4.98 Å². The van der Waals surface area contributed by atoms with E-state index in [1.807, 2.05) is 19.1 Å². The summed E-state index contributed by atoms with van der Waals surface area (Å²) in [6, 6.07) is 8.70. The SMILES string of the molecule is COc1cccc(COc2ccc(CC(C)N)nc2)c1F. The molecule has 0 aliphatic carbocycles. The maximum absolute atomic E-state index is 13.9. The van der Waals surface area contributed by atoms with Crippen molar-refractivity contribution in [1.29, 1.82) is 0 Å². The van der Waals surface area contributed by atoms with Crippen molar-refractivity contribution in [2.75, 3.05) is 7.11 Å². The highest BCUT2D eigenvalue weighted by molar-refractivity contribution is 5.31. The van der Waals surface area contributed by atoms with Crippen LogP contribution in [0.1, 0.15) is 18.2 Å². The third kappa shape index (κ3) is 4.16. The van der Waals surface area contributed by atoms with Crippen LogP contribution >= 0.6 is 0 Å². The van der Waals surface area contributed by atoms with Gasteiger partial charge in [-0.25, -0.2) is 4.39 Å². The number of pyridine rings is 1. The highest BCUT2D eigenvalue weighted by atomic mass is 19.1. The first kappa shape index (κ1) is 15.3. The molecule has 1 aromatic carbocycles. The summed E-state index contributed by atoms with van der Waals surface area (Å²) in [5, 5.41) is 0. The molecule has 4 nitrogen and oxygen atoms in total. The van der Waals surface area contributed by atoms with Crippen molar-refractivity contribution in [3.63, 3.8) is 0 Å². The number of halogens is 1. The Kier molecular flexibility index (Phi) is 5.11. The number of hydrogen-bond donors (Lipinski definition) is 1. The van der Waals surface area contributed by atoms with E-state index in [2.05, 4.69) is 4.98 Å². The molecule has 0 bridgehead atoms. The number of aromatic nitrogens is 1. The zero-order valence-corrected chi connectivity index (χ0v) is 12.2. The maximum Gasteiger partial charge on any atom is 0.171 e. The maximum atomic E-state index is 13.9. The molecule has 2 rings (SSSR count). The second kappa shape index (κ2) is 7.04. The van der Waals surface area contributed by atoms with Crippen molar-refractivity contribution < 1.29 is 13.9 Å². The molecule has 0 saturated heterocycles. The molecule has 112 valence electrons. The van der Waals surface area contributed by atoms with Gasteiger partial charge in [-0.1, -0.05) is 12.1 Å². The highest BCUT2D eigenvalue weighted by Gasteiger charge is 2.09. The zero-order valence-electron chi connectivity index (χ0n) is 12.2. The zero-order chi connectivity index (χ0) is 15.2. The Morgan fingerprint density at radius 2 is 2.10 bits per heavy atom. The van der Waals surface area contributed by atoms with Gasteiger partial charge in [0.05, 0.1) is 13.3 Å². The van der Waals surface area contributed by atoms with E-state index in [4.69, 9.17) is 15.2 Å². The lowest BCUT2D eigenvalue weighted by atomic mass is 10.2. The molecular formula is C16H19FN2O2. The van der Waals surface area contributed by atoms with Crippen molar-refractivity contribution in [3.8, 4) is 11.5 Å². The first-order chi connectivity index (χ1) is 10.1. The molecule has 21 heavy (non-hydrogen) atoms. The molecule has 1 atom stereocenters. The van der Waals surface area contributed by atoms with Gasteiger partial charge < -0.3 is 15.2 Å². The van der Waals surface area contributed by atoms with Crippen LogP contribution in [-0.4, -0.2) is 18.1 Å². The van der Waals surface area contributed by atoms with Gasteiger partial charge in [-0.2, -0.15) is 0 Å². The van der Waals surface area contributed by atoms with Crippen LogP contribution in [0.2, 0.25) is 0 Å². The molecule has 0 saturated carbocycles. The number of nitrogens with zero attached hydrogens (tertiary/aromatic N) is 1. The van der Waals surface area contributed by atoms with E-state index in [9.17, 15) is 4.39 Å². The van der Waals surface area contributed by atoms with Crippen LogP contribution in [0, 0.1) is 5.82 Å². The minimum absolute atomic E-state index is 0.0650. The Morgan fingerprint density at radius 3 is 2.71 bits per heavy atom. The summed E-state index contributed by atoms with van der Waals surface area (Å²) in [5.41, 5.74) is 7.06. The average molecular weight is 290 g/mol. The van der Waals surface area contributed by atoms with E-state index < -0.39 is 5.82 Å². The van der Waals surface area contributed by atoms with E-state index >= 15 is 0 Å². The van der Waals surface area contributed by atoms with Crippen molar-refractivity contribution >= 4 is 0 Å². The minimum Gasteiger partial charge on any atom is -0.494 e.